The highest BCUT2D eigenvalue weighted by atomic mass is 79.9. The summed E-state index contributed by atoms with van der Waals surface area (Å²) in [6.07, 6.45) is 3.20. The highest BCUT2D eigenvalue weighted by molar-refractivity contribution is 9.11. The van der Waals surface area contributed by atoms with Crippen LogP contribution >= 0.6 is 31.9 Å². The highest BCUT2D eigenvalue weighted by Crippen LogP contribution is 2.27. The van der Waals surface area contributed by atoms with Gasteiger partial charge in [-0.25, -0.2) is 0 Å². The van der Waals surface area contributed by atoms with Gasteiger partial charge in [-0.3, -0.25) is 9.78 Å². The summed E-state index contributed by atoms with van der Waals surface area (Å²) in [6, 6.07) is 7.27. The number of carbonyl (C=O) groups is 1. The van der Waals surface area contributed by atoms with Gasteiger partial charge < -0.3 is 10.6 Å². The van der Waals surface area contributed by atoms with E-state index in [0.29, 0.717) is 16.9 Å². The first-order chi connectivity index (χ1) is 9.11. The minimum atomic E-state index is -0.189. The molecule has 0 radical (unpaired) electrons. The lowest BCUT2D eigenvalue weighted by Crippen LogP contribution is -2.14. The quantitative estimate of drug-likeness (QED) is 0.843. The summed E-state index contributed by atoms with van der Waals surface area (Å²) in [6.45, 7) is 0. The van der Waals surface area contributed by atoms with E-state index in [2.05, 4.69) is 47.5 Å². The van der Waals surface area contributed by atoms with Crippen LogP contribution in [0.4, 0.5) is 11.4 Å². The lowest BCUT2D eigenvalue weighted by Gasteiger charge is -2.10. The van der Waals surface area contributed by atoms with Crippen LogP contribution in [0.5, 0.6) is 0 Å². The Kier molecular flexibility index (Phi) is 4.55. The van der Waals surface area contributed by atoms with E-state index in [0.717, 1.165) is 8.95 Å². The second kappa shape index (κ2) is 6.16. The number of pyridine rings is 1. The maximum absolute atomic E-state index is 12.2. The van der Waals surface area contributed by atoms with Gasteiger partial charge in [-0.05, 0) is 40.2 Å². The summed E-state index contributed by atoms with van der Waals surface area (Å²) in [7, 11) is 1.75. The third-order valence-corrected chi connectivity index (χ3v) is 3.70. The Bertz CT molecular complexity index is 617. The molecule has 2 rings (SSSR count). The van der Waals surface area contributed by atoms with Gasteiger partial charge in [0.25, 0.3) is 5.91 Å². The first-order valence-electron chi connectivity index (χ1n) is 5.50. The largest absolute Gasteiger partial charge is 0.386 e. The fourth-order valence-electron chi connectivity index (χ4n) is 1.57. The van der Waals surface area contributed by atoms with Gasteiger partial charge in [0.15, 0.2) is 0 Å². The highest BCUT2D eigenvalue weighted by Gasteiger charge is 2.12. The molecule has 0 atom stereocenters. The van der Waals surface area contributed by atoms with Crippen molar-refractivity contribution in [2.75, 3.05) is 17.7 Å². The molecule has 6 heteroatoms. The van der Waals surface area contributed by atoms with E-state index >= 15 is 0 Å². The second-order valence-corrected chi connectivity index (χ2v) is 5.52. The van der Waals surface area contributed by atoms with Gasteiger partial charge in [0.2, 0.25) is 0 Å². The minimum Gasteiger partial charge on any atom is -0.386 e. The van der Waals surface area contributed by atoms with Crippen molar-refractivity contribution in [1.29, 1.82) is 0 Å². The number of rotatable bonds is 3. The zero-order valence-electron chi connectivity index (χ0n) is 10.1. The van der Waals surface area contributed by atoms with Crippen molar-refractivity contribution >= 4 is 49.1 Å². The Morgan fingerprint density at radius 3 is 2.74 bits per heavy atom. The molecule has 1 aromatic heterocycles. The predicted molar refractivity (Wildman–Crippen MR) is 83.6 cm³/mol. The third-order valence-electron chi connectivity index (χ3n) is 2.51. The summed E-state index contributed by atoms with van der Waals surface area (Å²) < 4.78 is 1.72. The van der Waals surface area contributed by atoms with Gasteiger partial charge in [0, 0.05) is 22.2 Å². The Morgan fingerprint density at radius 1 is 1.21 bits per heavy atom. The monoisotopic (exact) mass is 383 g/mol. The normalized spacial score (nSPS) is 10.1. The van der Waals surface area contributed by atoms with E-state index < -0.39 is 0 Å². The number of hydrogen-bond acceptors (Lipinski definition) is 3. The fourth-order valence-corrected chi connectivity index (χ4v) is 2.28. The average molecular weight is 385 g/mol. The van der Waals surface area contributed by atoms with E-state index in [1.807, 2.05) is 18.2 Å². The minimum absolute atomic E-state index is 0.189. The van der Waals surface area contributed by atoms with Crippen molar-refractivity contribution in [3.05, 3.63) is 51.2 Å². The Hall–Kier alpha value is -1.40. The first-order valence-corrected chi connectivity index (χ1v) is 7.08. The Labute approximate surface area is 127 Å². The van der Waals surface area contributed by atoms with Crippen LogP contribution in [0.25, 0.3) is 0 Å². The molecule has 98 valence electrons. The molecular formula is C13H11Br2N3O. The predicted octanol–water partition coefficient (Wildman–Crippen LogP) is 3.90. The topological polar surface area (TPSA) is 54.0 Å². The molecule has 2 N–H and O–H groups in total. The van der Waals surface area contributed by atoms with Crippen LogP contribution < -0.4 is 10.6 Å². The van der Waals surface area contributed by atoms with Crippen LogP contribution in [0.2, 0.25) is 0 Å². The van der Waals surface area contributed by atoms with Crippen LogP contribution in [-0.4, -0.2) is 17.9 Å². The molecule has 0 saturated carbocycles. The number of amides is 1. The fraction of sp³-hybridized carbons (Fsp3) is 0.0769. The molecule has 0 bridgehead atoms. The summed E-state index contributed by atoms with van der Waals surface area (Å²) in [5.74, 6) is -0.189. The maximum Gasteiger partial charge on any atom is 0.257 e. The van der Waals surface area contributed by atoms with Crippen molar-refractivity contribution in [3.63, 3.8) is 0 Å². The van der Waals surface area contributed by atoms with Gasteiger partial charge in [-0.15, -0.1) is 0 Å². The lowest BCUT2D eigenvalue weighted by atomic mass is 10.2. The molecule has 0 fully saturated rings. The van der Waals surface area contributed by atoms with Gasteiger partial charge in [0.1, 0.15) is 0 Å². The van der Waals surface area contributed by atoms with Gasteiger partial charge in [-0.2, -0.15) is 0 Å². The molecule has 1 heterocycles. The van der Waals surface area contributed by atoms with Gasteiger partial charge >= 0.3 is 0 Å². The molecule has 19 heavy (non-hydrogen) atoms. The van der Waals surface area contributed by atoms with E-state index in [1.165, 1.54) is 0 Å². The summed E-state index contributed by atoms with van der Waals surface area (Å²) in [4.78, 5) is 16.2. The molecule has 1 aromatic carbocycles. The van der Waals surface area contributed by atoms with Crippen LogP contribution in [0.3, 0.4) is 0 Å². The standard InChI is InChI=1S/C13H11Br2N3O/c1-16-12-7-17-5-4-9(12)13(19)18-11-6-8(14)2-3-10(11)15/h2-7,16H,1H3,(H,18,19). The van der Waals surface area contributed by atoms with Crippen LogP contribution in [0, 0.1) is 0 Å². The van der Waals surface area contributed by atoms with Crippen LogP contribution in [0.1, 0.15) is 10.4 Å². The molecule has 0 spiro atoms. The summed E-state index contributed by atoms with van der Waals surface area (Å²) in [5, 5.41) is 5.80. The van der Waals surface area contributed by atoms with Crippen molar-refractivity contribution < 1.29 is 4.79 Å². The molecule has 0 saturated heterocycles. The number of halogens is 2. The molecule has 1 amide bonds. The molecule has 4 nitrogen and oxygen atoms in total. The number of benzene rings is 1. The van der Waals surface area contributed by atoms with E-state index in [-0.39, 0.29) is 5.91 Å². The molecule has 2 aromatic rings. The summed E-state index contributed by atoms with van der Waals surface area (Å²) in [5.41, 5.74) is 1.94. The number of aromatic nitrogens is 1. The molecule has 0 aliphatic heterocycles. The van der Waals surface area contributed by atoms with Crippen LogP contribution in [0.15, 0.2) is 45.6 Å². The number of nitrogens with one attached hydrogen (secondary N) is 2. The lowest BCUT2D eigenvalue weighted by molar-refractivity contribution is 0.102. The second-order valence-electron chi connectivity index (χ2n) is 3.75. The average Bonchev–Trinajstić information content (AvgIpc) is 2.42. The van der Waals surface area contributed by atoms with E-state index in [4.69, 9.17) is 0 Å². The summed E-state index contributed by atoms with van der Waals surface area (Å²) >= 11 is 6.78. The van der Waals surface area contributed by atoms with Crippen molar-refractivity contribution in [2.45, 2.75) is 0 Å². The van der Waals surface area contributed by atoms with Crippen LogP contribution in [-0.2, 0) is 0 Å². The SMILES string of the molecule is CNc1cnccc1C(=O)Nc1cc(Br)ccc1Br. The first kappa shape index (κ1) is 14.0. The van der Waals surface area contributed by atoms with Gasteiger partial charge in [0.05, 0.1) is 23.1 Å². The number of nitrogens with zero attached hydrogens (tertiary/aromatic N) is 1. The third kappa shape index (κ3) is 3.33. The molecular weight excluding hydrogens is 374 g/mol. The Morgan fingerprint density at radius 2 is 2.00 bits per heavy atom. The number of carbonyl (C=O) groups excluding carboxylic acids is 1. The van der Waals surface area contributed by atoms with E-state index in [9.17, 15) is 4.79 Å². The smallest absolute Gasteiger partial charge is 0.257 e. The zero-order chi connectivity index (χ0) is 13.8. The van der Waals surface area contributed by atoms with Crippen molar-refractivity contribution in [1.82, 2.24) is 4.98 Å². The molecule has 0 unspecified atom stereocenters. The number of hydrogen-bond donors (Lipinski definition) is 2. The molecule has 0 aliphatic carbocycles. The molecule has 0 aliphatic rings. The zero-order valence-corrected chi connectivity index (χ0v) is 13.2. The van der Waals surface area contributed by atoms with Crippen molar-refractivity contribution in [3.8, 4) is 0 Å². The maximum atomic E-state index is 12.2. The van der Waals surface area contributed by atoms with Crippen molar-refractivity contribution in [2.24, 2.45) is 0 Å². The van der Waals surface area contributed by atoms with E-state index in [1.54, 1.807) is 25.5 Å². The Balaban J connectivity index is 2.28. The van der Waals surface area contributed by atoms with Gasteiger partial charge in [-0.1, -0.05) is 15.9 Å². The number of anilines is 2.